The first-order chi connectivity index (χ1) is 13.4. The molecule has 3 aromatic carbocycles. The van der Waals surface area contributed by atoms with Crippen molar-refractivity contribution in [2.45, 2.75) is 12.4 Å². The van der Waals surface area contributed by atoms with Crippen LogP contribution in [0.4, 0.5) is 43.4 Å². The zero-order valence-electron chi connectivity index (χ0n) is 14.3. The zero-order valence-corrected chi connectivity index (χ0v) is 18.6. The number of benzene rings is 3. The molecule has 0 atom stereocenters. The first-order valence-corrected chi connectivity index (χ1v) is 10.2. The van der Waals surface area contributed by atoms with Crippen LogP contribution < -0.4 is 4.90 Å². The van der Waals surface area contributed by atoms with E-state index >= 15 is 0 Å². The van der Waals surface area contributed by atoms with Crippen molar-refractivity contribution in [3.8, 4) is 0 Å². The van der Waals surface area contributed by atoms with Gasteiger partial charge in [0.1, 0.15) is 0 Å². The van der Waals surface area contributed by atoms with E-state index in [4.69, 9.17) is 0 Å². The molecule has 0 amide bonds. The van der Waals surface area contributed by atoms with Gasteiger partial charge in [-0.3, -0.25) is 0 Å². The quantitative estimate of drug-likeness (QED) is 0.207. The molecule has 0 radical (unpaired) electrons. The van der Waals surface area contributed by atoms with Gasteiger partial charge in [0.15, 0.2) is 0 Å². The highest BCUT2D eigenvalue weighted by molar-refractivity contribution is 14.1. The molecule has 3 rings (SSSR count). The lowest BCUT2D eigenvalue weighted by atomic mass is 10.1. The molecule has 0 spiro atoms. The van der Waals surface area contributed by atoms with Crippen LogP contribution in [0.5, 0.6) is 0 Å². The van der Waals surface area contributed by atoms with Gasteiger partial charge >= 0.3 is 12.4 Å². The average Bonchev–Trinajstić information content (AvgIpc) is 2.63. The van der Waals surface area contributed by atoms with Crippen molar-refractivity contribution in [3.05, 3.63) is 85.0 Å². The average molecular weight is 633 g/mol. The van der Waals surface area contributed by atoms with Crippen LogP contribution in [-0.4, -0.2) is 0 Å². The van der Waals surface area contributed by atoms with E-state index in [2.05, 4.69) is 45.2 Å². The Bertz CT molecular complexity index is 918. The minimum atomic E-state index is -4.92. The Morgan fingerprint density at radius 3 is 1.17 bits per heavy atom. The topological polar surface area (TPSA) is 3.24 Å². The van der Waals surface area contributed by atoms with Gasteiger partial charge in [-0.2, -0.15) is 26.3 Å². The lowest BCUT2D eigenvalue weighted by Gasteiger charge is -2.27. The molecule has 0 fully saturated rings. The Morgan fingerprint density at radius 1 is 0.517 bits per heavy atom. The Labute approximate surface area is 190 Å². The van der Waals surface area contributed by atoms with Crippen molar-refractivity contribution in [1.82, 2.24) is 0 Å². The molecule has 0 aliphatic carbocycles. The Kier molecular flexibility index (Phi) is 6.37. The number of rotatable bonds is 3. The minimum absolute atomic E-state index is 0.129. The van der Waals surface area contributed by atoms with Crippen LogP contribution in [0.2, 0.25) is 0 Å². The summed E-state index contributed by atoms with van der Waals surface area (Å²) in [4.78, 5) is 1.37. The molecular formula is C20H11F6I2N. The molecule has 0 saturated carbocycles. The van der Waals surface area contributed by atoms with E-state index in [0.717, 1.165) is 19.3 Å². The van der Waals surface area contributed by atoms with E-state index in [0.29, 0.717) is 11.4 Å². The van der Waals surface area contributed by atoms with E-state index in [1.165, 1.54) is 4.90 Å². The lowest BCUT2D eigenvalue weighted by Crippen LogP contribution is -2.15. The maximum absolute atomic E-state index is 13.3. The highest BCUT2D eigenvalue weighted by atomic mass is 127. The van der Waals surface area contributed by atoms with Gasteiger partial charge in [-0.15, -0.1) is 0 Å². The molecule has 0 aromatic heterocycles. The maximum atomic E-state index is 13.3. The van der Waals surface area contributed by atoms with Gasteiger partial charge in [0.05, 0.1) is 11.1 Å². The molecule has 29 heavy (non-hydrogen) atoms. The molecule has 0 saturated heterocycles. The molecule has 0 N–H and O–H groups in total. The van der Waals surface area contributed by atoms with Crippen LogP contribution in [0.3, 0.4) is 0 Å². The van der Waals surface area contributed by atoms with Crippen molar-refractivity contribution >= 4 is 62.2 Å². The number of hydrogen-bond acceptors (Lipinski definition) is 1. The molecule has 152 valence electrons. The van der Waals surface area contributed by atoms with E-state index in [-0.39, 0.29) is 11.8 Å². The van der Waals surface area contributed by atoms with Crippen molar-refractivity contribution in [2.24, 2.45) is 0 Å². The maximum Gasteiger partial charge on any atom is 0.416 e. The predicted octanol–water partition coefficient (Wildman–Crippen LogP) is 8.40. The van der Waals surface area contributed by atoms with Crippen LogP contribution in [0, 0.1) is 7.14 Å². The Balaban J connectivity index is 2.27. The van der Waals surface area contributed by atoms with Crippen LogP contribution in [-0.2, 0) is 12.4 Å². The summed E-state index contributed by atoms with van der Waals surface area (Å²) in [6, 6.07) is 15.1. The molecule has 3 aromatic rings. The van der Waals surface area contributed by atoms with E-state index < -0.39 is 23.5 Å². The molecular weight excluding hydrogens is 622 g/mol. The van der Waals surface area contributed by atoms with Crippen LogP contribution in [0.25, 0.3) is 0 Å². The minimum Gasteiger partial charge on any atom is -0.310 e. The predicted molar refractivity (Wildman–Crippen MR) is 117 cm³/mol. The summed E-state index contributed by atoms with van der Waals surface area (Å²) in [5, 5.41) is 0. The highest BCUT2D eigenvalue weighted by Gasteiger charge is 2.37. The van der Waals surface area contributed by atoms with Crippen LogP contribution >= 0.6 is 45.2 Å². The number of nitrogens with zero attached hydrogens (tertiary/aromatic N) is 1. The second kappa shape index (κ2) is 8.32. The second-order valence-electron chi connectivity index (χ2n) is 6.05. The van der Waals surface area contributed by atoms with Crippen molar-refractivity contribution < 1.29 is 26.3 Å². The molecule has 1 nitrogen and oxygen atoms in total. The van der Waals surface area contributed by atoms with Gasteiger partial charge in [0, 0.05) is 24.2 Å². The standard InChI is InChI=1S/C20H11F6I2N/c21-19(22,23)12-9-13(20(24,25)26)11-18(10-12)29(16-5-1-14(27)2-6-16)17-7-3-15(28)4-8-17/h1-11H. The van der Waals surface area contributed by atoms with Gasteiger partial charge in [0.25, 0.3) is 0 Å². The molecule has 0 unspecified atom stereocenters. The smallest absolute Gasteiger partial charge is 0.310 e. The van der Waals surface area contributed by atoms with Gasteiger partial charge in [0.2, 0.25) is 0 Å². The zero-order chi connectivity index (χ0) is 21.4. The van der Waals surface area contributed by atoms with Gasteiger partial charge in [-0.25, -0.2) is 0 Å². The summed E-state index contributed by atoms with van der Waals surface area (Å²) >= 11 is 4.14. The van der Waals surface area contributed by atoms with Crippen LogP contribution in [0.1, 0.15) is 11.1 Å². The Hall–Kier alpha value is -1.50. The number of anilines is 3. The molecule has 0 bridgehead atoms. The van der Waals surface area contributed by atoms with Gasteiger partial charge in [-0.1, -0.05) is 0 Å². The molecule has 0 aliphatic heterocycles. The number of alkyl halides is 6. The third-order valence-corrected chi connectivity index (χ3v) is 5.44. The molecule has 0 aliphatic rings. The molecule has 9 heteroatoms. The van der Waals surface area contributed by atoms with E-state index in [1.54, 1.807) is 48.5 Å². The third-order valence-electron chi connectivity index (χ3n) is 4.00. The first kappa shape index (κ1) is 22.2. The van der Waals surface area contributed by atoms with Gasteiger partial charge < -0.3 is 4.90 Å². The summed E-state index contributed by atoms with van der Waals surface area (Å²) in [7, 11) is 0. The normalized spacial score (nSPS) is 12.1. The van der Waals surface area contributed by atoms with E-state index in [1.807, 2.05) is 0 Å². The summed E-state index contributed by atoms with van der Waals surface area (Å²) in [5.74, 6) is 0. The fraction of sp³-hybridized carbons (Fsp3) is 0.100. The fourth-order valence-corrected chi connectivity index (χ4v) is 3.41. The Morgan fingerprint density at radius 2 is 0.862 bits per heavy atom. The monoisotopic (exact) mass is 633 g/mol. The summed E-state index contributed by atoms with van der Waals surface area (Å²) in [6.45, 7) is 0. The number of hydrogen-bond donors (Lipinski definition) is 0. The summed E-state index contributed by atoms with van der Waals surface area (Å²) in [6.07, 6.45) is -9.83. The van der Waals surface area contributed by atoms with E-state index in [9.17, 15) is 26.3 Å². The fourth-order valence-electron chi connectivity index (χ4n) is 2.70. The third kappa shape index (κ3) is 5.36. The van der Waals surface area contributed by atoms with Crippen molar-refractivity contribution in [3.63, 3.8) is 0 Å². The lowest BCUT2D eigenvalue weighted by molar-refractivity contribution is -0.143. The summed E-state index contributed by atoms with van der Waals surface area (Å²) in [5.41, 5.74) is -2.06. The second-order valence-corrected chi connectivity index (χ2v) is 8.54. The largest absolute Gasteiger partial charge is 0.416 e. The van der Waals surface area contributed by atoms with Gasteiger partial charge in [-0.05, 0) is 112 Å². The van der Waals surface area contributed by atoms with Crippen molar-refractivity contribution in [1.29, 1.82) is 0 Å². The SMILES string of the molecule is FC(F)(F)c1cc(N(c2ccc(I)cc2)c2ccc(I)cc2)cc(C(F)(F)F)c1. The molecule has 0 heterocycles. The highest BCUT2D eigenvalue weighted by Crippen LogP contribution is 2.42. The summed E-state index contributed by atoms with van der Waals surface area (Å²) < 4.78 is 81.7. The first-order valence-electron chi connectivity index (χ1n) is 8.06. The number of halogens is 8. The van der Waals surface area contributed by atoms with Crippen molar-refractivity contribution in [2.75, 3.05) is 4.90 Å². The van der Waals surface area contributed by atoms with Crippen LogP contribution in [0.15, 0.2) is 66.7 Å².